The van der Waals surface area contributed by atoms with Crippen LogP contribution in [0.5, 0.6) is 0 Å². The molecule has 1 atom stereocenters. The van der Waals surface area contributed by atoms with Crippen molar-refractivity contribution in [2.45, 2.75) is 19.9 Å². The summed E-state index contributed by atoms with van der Waals surface area (Å²) in [5.41, 5.74) is 1.56. The van der Waals surface area contributed by atoms with Gasteiger partial charge in [0.05, 0.1) is 29.7 Å². The predicted octanol–water partition coefficient (Wildman–Crippen LogP) is -0.0648. The van der Waals surface area contributed by atoms with Crippen molar-refractivity contribution >= 4 is 17.6 Å². The SMILES string of the molecule is CCn1cc(C(=O)N2CC(C(=O)O)Cc3c2cnn3C)nn1. The van der Waals surface area contributed by atoms with Crippen LogP contribution in [0.3, 0.4) is 0 Å². The third kappa shape index (κ3) is 2.24. The maximum absolute atomic E-state index is 12.6. The number of nitrogens with zero attached hydrogens (tertiary/aromatic N) is 6. The lowest BCUT2D eigenvalue weighted by Gasteiger charge is -2.30. The van der Waals surface area contributed by atoms with Crippen molar-refractivity contribution in [2.24, 2.45) is 13.0 Å². The van der Waals surface area contributed by atoms with E-state index in [2.05, 4.69) is 15.4 Å². The topological polar surface area (TPSA) is 106 Å². The van der Waals surface area contributed by atoms with Gasteiger partial charge in [0.2, 0.25) is 0 Å². The summed E-state index contributed by atoms with van der Waals surface area (Å²) in [7, 11) is 1.74. The number of amides is 1. The molecule has 0 saturated heterocycles. The number of rotatable bonds is 3. The molecule has 116 valence electrons. The third-order valence-electron chi connectivity index (χ3n) is 3.85. The van der Waals surface area contributed by atoms with Crippen LogP contribution in [0.15, 0.2) is 12.4 Å². The number of aromatic nitrogens is 5. The first kappa shape index (κ1) is 14.2. The molecular weight excluding hydrogens is 288 g/mol. The van der Waals surface area contributed by atoms with Crippen LogP contribution in [0.4, 0.5) is 5.69 Å². The van der Waals surface area contributed by atoms with Crippen LogP contribution >= 0.6 is 0 Å². The standard InChI is InChI=1S/C13H16N6O3/c1-3-18-7-9(15-16-18)12(20)19-6-8(13(21)22)4-10-11(19)5-14-17(10)2/h5,7-8H,3-4,6H2,1-2H3,(H,21,22). The number of hydrogen-bond acceptors (Lipinski definition) is 5. The maximum atomic E-state index is 12.6. The molecule has 0 saturated carbocycles. The van der Waals surface area contributed by atoms with Gasteiger partial charge in [-0.15, -0.1) is 5.10 Å². The van der Waals surface area contributed by atoms with Gasteiger partial charge in [0, 0.05) is 26.6 Å². The molecule has 22 heavy (non-hydrogen) atoms. The summed E-state index contributed by atoms with van der Waals surface area (Å²) in [6.07, 6.45) is 3.49. The van der Waals surface area contributed by atoms with Crippen LogP contribution in [0.1, 0.15) is 23.1 Å². The molecule has 0 aromatic carbocycles. The lowest BCUT2D eigenvalue weighted by Crippen LogP contribution is -2.42. The van der Waals surface area contributed by atoms with Crippen molar-refractivity contribution in [1.29, 1.82) is 0 Å². The number of hydrogen-bond donors (Lipinski definition) is 1. The smallest absolute Gasteiger partial charge is 0.308 e. The van der Waals surface area contributed by atoms with Crippen molar-refractivity contribution in [1.82, 2.24) is 24.8 Å². The van der Waals surface area contributed by atoms with Gasteiger partial charge in [-0.2, -0.15) is 5.10 Å². The van der Waals surface area contributed by atoms with Gasteiger partial charge < -0.3 is 10.0 Å². The fourth-order valence-electron chi connectivity index (χ4n) is 2.58. The van der Waals surface area contributed by atoms with Crippen LogP contribution in [-0.4, -0.2) is 48.3 Å². The summed E-state index contributed by atoms with van der Waals surface area (Å²) in [6, 6.07) is 0. The highest BCUT2D eigenvalue weighted by atomic mass is 16.4. The van der Waals surface area contributed by atoms with Crippen molar-refractivity contribution in [3.63, 3.8) is 0 Å². The van der Waals surface area contributed by atoms with Crippen LogP contribution in [0.2, 0.25) is 0 Å². The van der Waals surface area contributed by atoms with Crippen molar-refractivity contribution < 1.29 is 14.7 Å². The molecule has 1 aliphatic heterocycles. The minimum absolute atomic E-state index is 0.103. The van der Waals surface area contributed by atoms with E-state index in [0.29, 0.717) is 18.7 Å². The van der Waals surface area contributed by atoms with Gasteiger partial charge >= 0.3 is 5.97 Å². The predicted molar refractivity (Wildman–Crippen MR) is 75.4 cm³/mol. The Bertz CT molecular complexity index is 734. The minimum Gasteiger partial charge on any atom is -0.481 e. The van der Waals surface area contributed by atoms with Gasteiger partial charge in [-0.05, 0) is 6.92 Å². The van der Waals surface area contributed by atoms with E-state index in [9.17, 15) is 14.7 Å². The van der Waals surface area contributed by atoms with E-state index in [1.807, 2.05) is 6.92 Å². The highest BCUT2D eigenvalue weighted by Crippen LogP contribution is 2.30. The first-order valence-electron chi connectivity index (χ1n) is 6.97. The third-order valence-corrected chi connectivity index (χ3v) is 3.85. The number of fused-ring (bicyclic) bond motifs is 1. The number of carboxylic acids is 1. The highest BCUT2D eigenvalue weighted by molar-refractivity contribution is 6.05. The second kappa shape index (κ2) is 5.24. The zero-order chi connectivity index (χ0) is 15.9. The fourth-order valence-corrected chi connectivity index (χ4v) is 2.58. The zero-order valence-corrected chi connectivity index (χ0v) is 12.3. The molecule has 2 aromatic heterocycles. The Hall–Kier alpha value is -2.71. The van der Waals surface area contributed by atoms with Gasteiger partial charge in [-0.1, -0.05) is 5.21 Å². The second-order valence-corrected chi connectivity index (χ2v) is 5.21. The lowest BCUT2D eigenvalue weighted by molar-refractivity contribution is -0.141. The monoisotopic (exact) mass is 304 g/mol. The molecule has 0 aliphatic carbocycles. The quantitative estimate of drug-likeness (QED) is 0.851. The first-order chi connectivity index (χ1) is 10.5. The Morgan fingerprint density at radius 1 is 1.45 bits per heavy atom. The van der Waals surface area contributed by atoms with E-state index in [4.69, 9.17) is 0 Å². The molecule has 3 heterocycles. The van der Waals surface area contributed by atoms with Gasteiger partial charge in [0.25, 0.3) is 5.91 Å². The lowest BCUT2D eigenvalue weighted by atomic mass is 9.97. The largest absolute Gasteiger partial charge is 0.481 e. The Labute approximate surface area is 126 Å². The molecule has 2 aromatic rings. The molecule has 1 aliphatic rings. The number of carboxylic acid groups (broad SMARTS) is 1. The normalized spacial score (nSPS) is 17.4. The first-order valence-corrected chi connectivity index (χ1v) is 6.97. The van der Waals surface area contributed by atoms with Crippen LogP contribution in [-0.2, 0) is 24.8 Å². The number of aryl methyl sites for hydroxylation is 2. The summed E-state index contributed by atoms with van der Waals surface area (Å²) in [5.74, 6) is -1.95. The van der Waals surface area contributed by atoms with E-state index >= 15 is 0 Å². The van der Waals surface area contributed by atoms with Crippen LogP contribution < -0.4 is 4.90 Å². The Morgan fingerprint density at radius 3 is 2.86 bits per heavy atom. The second-order valence-electron chi connectivity index (χ2n) is 5.21. The molecule has 1 N–H and O–H groups in total. The van der Waals surface area contributed by atoms with Crippen molar-refractivity contribution in [2.75, 3.05) is 11.4 Å². The van der Waals surface area contributed by atoms with Gasteiger partial charge in [-0.3, -0.25) is 19.0 Å². The summed E-state index contributed by atoms with van der Waals surface area (Å²) in [4.78, 5) is 25.4. The minimum atomic E-state index is -0.929. The van der Waals surface area contributed by atoms with E-state index in [1.165, 1.54) is 4.90 Å². The van der Waals surface area contributed by atoms with Gasteiger partial charge in [0.15, 0.2) is 5.69 Å². The maximum Gasteiger partial charge on any atom is 0.308 e. The average molecular weight is 304 g/mol. The Kier molecular flexibility index (Phi) is 3.39. The Balaban J connectivity index is 1.97. The molecule has 0 fully saturated rings. The molecular formula is C13H16N6O3. The summed E-state index contributed by atoms with van der Waals surface area (Å²) >= 11 is 0. The number of anilines is 1. The molecule has 9 nitrogen and oxygen atoms in total. The average Bonchev–Trinajstić information content (AvgIpc) is 3.13. The summed E-state index contributed by atoms with van der Waals surface area (Å²) in [6.45, 7) is 2.60. The van der Waals surface area contributed by atoms with Crippen molar-refractivity contribution in [3.05, 3.63) is 23.8 Å². The molecule has 1 amide bonds. The molecule has 3 rings (SSSR count). The number of carbonyl (C=O) groups is 2. The fraction of sp³-hybridized carbons (Fsp3) is 0.462. The summed E-state index contributed by atoms with van der Waals surface area (Å²) in [5, 5.41) is 21.1. The van der Waals surface area contributed by atoms with E-state index in [0.717, 1.165) is 5.69 Å². The highest BCUT2D eigenvalue weighted by Gasteiger charge is 2.35. The number of carbonyl (C=O) groups excluding carboxylic acids is 1. The summed E-state index contributed by atoms with van der Waals surface area (Å²) < 4.78 is 3.16. The van der Waals surface area contributed by atoms with E-state index < -0.39 is 11.9 Å². The molecule has 0 spiro atoms. The van der Waals surface area contributed by atoms with Crippen LogP contribution in [0.25, 0.3) is 0 Å². The number of aliphatic carboxylic acids is 1. The zero-order valence-electron chi connectivity index (χ0n) is 12.3. The Morgan fingerprint density at radius 2 is 2.23 bits per heavy atom. The van der Waals surface area contributed by atoms with Gasteiger partial charge in [0.1, 0.15) is 0 Å². The van der Waals surface area contributed by atoms with Gasteiger partial charge in [-0.25, -0.2) is 0 Å². The molecule has 0 bridgehead atoms. The molecule has 0 radical (unpaired) electrons. The van der Waals surface area contributed by atoms with E-state index in [1.54, 1.807) is 28.8 Å². The van der Waals surface area contributed by atoms with Crippen molar-refractivity contribution in [3.8, 4) is 0 Å². The molecule has 1 unspecified atom stereocenters. The van der Waals surface area contributed by atoms with Crippen LogP contribution in [0, 0.1) is 5.92 Å². The molecule has 9 heteroatoms. The van der Waals surface area contributed by atoms with E-state index in [-0.39, 0.29) is 18.1 Å².